The van der Waals surface area contributed by atoms with Crippen molar-refractivity contribution < 1.29 is 19.1 Å². The second-order valence-corrected chi connectivity index (χ2v) is 6.57. The smallest absolute Gasteiger partial charge is 0.371 e. The van der Waals surface area contributed by atoms with Crippen LogP contribution in [0.5, 0.6) is 0 Å². The number of carboxylic acids is 1. The Morgan fingerprint density at radius 2 is 1.86 bits per heavy atom. The minimum absolute atomic E-state index is 0.141. The van der Waals surface area contributed by atoms with Crippen molar-refractivity contribution in [1.29, 1.82) is 0 Å². The van der Waals surface area contributed by atoms with Crippen molar-refractivity contribution >= 4 is 40.2 Å². The van der Waals surface area contributed by atoms with Gasteiger partial charge < -0.3 is 14.8 Å². The molecule has 140 valence electrons. The fraction of sp³-hybridized carbons (Fsp3) is 0.0500. The second kappa shape index (κ2) is 6.86. The quantitative estimate of drug-likeness (QED) is 0.532. The highest BCUT2D eigenvalue weighted by atomic mass is 35.5. The molecule has 1 amide bonds. The molecule has 2 aromatic heterocycles. The van der Waals surface area contributed by atoms with E-state index in [1.165, 1.54) is 6.07 Å². The molecule has 0 unspecified atom stereocenters. The fourth-order valence-electron chi connectivity index (χ4n) is 2.90. The van der Waals surface area contributed by atoms with E-state index < -0.39 is 5.97 Å². The zero-order valence-electron chi connectivity index (χ0n) is 14.6. The summed E-state index contributed by atoms with van der Waals surface area (Å²) in [5.74, 6) is -0.780. The van der Waals surface area contributed by atoms with Crippen LogP contribution < -0.4 is 5.32 Å². The SMILES string of the molecule is Cn1nc(NC(=O)c2ccc(Cl)cc2)c2cc(-c3ccc(C(=O)O)o3)ccc21. The summed E-state index contributed by atoms with van der Waals surface area (Å²) in [4.78, 5) is 23.6. The Hall–Kier alpha value is -3.58. The van der Waals surface area contributed by atoms with E-state index in [4.69, 9.17) is 21.1 Å². The topological polar surface area (TPSA) is 97.4 Å². The lowest BCUT2D eigenvalue weighted by atomic mass is 10.1. The van der Waals surface area contributed by atoms with Crippen molar-refractivity contribution in [1.82, 2.24) is 9.78 Å². The lowest BCUT2D eigenvalue weighted by Crippen LogP contribution is -2.12. The van der Waals surface area contributed by atoms with Gasteiger partial charge in [-0.3, -0.25) is 9.48 Å². The lowest BCUT2D eigenvalue weighted by Gasteiger charge is -2.03. The molecule has 28 heavy (non-hydrogen) atoms. The molecule has 0 aliphatic rings. The van der Waals surface area contributed by atoms with Gasteiger partial charge in [-0.1, -0.05) is 11.6 Å². The summed E-state index contributed by atoms with van der Waals surface area (Å²) in [5.41, 5.74) is 1.94. The number of anilines is 1. The molecule has 2 aromatic carbocycles. The van der Waals surface area contributed by atoms with Crippen LogP contribution in [0.25, 0.3) is 22.2 Å². The molecule has 8 heteroatoms. The minimum Gasteiger partial charge on any atom is -0.475 e. The third-order valence-corrected chi connectivity index (χ3v) is 4.54. The molecular weight excluding hydrogens is 382 g/mol. The normalized spacial score (nSPS) is 10.9. The molecule has 4 aromatic rings. The molecule has 0 aliphatic heterocycles. The maximum Gasteiger partial charge on any atom is 0.371 e. The molecule has 0 bridgehead atoms. The van der Waals surface area contributed by atoms with Crippen LogP contribution in [-0.4, -0.2) is 26.8 Å². The van der Waals surface area contributed by atoms with Gasteiger partial charge >= 0.3 is 5.97 Å². The predicted octanol–water partition coefficient (Wildman–Crippen LogP) is 4.44. The molecule has 0 saturated carbocycles. The van der Waals surface area contributed by atoms with E-state index in [0.717, 1.165) is 5.52 Å². The number of halogens is 1. The molecular formula is C20H14ClN3O4. The van der Waals surface area contributed by atoms with Crippen molar-refractivity contribution in [2.24, 2.45) is 7.05 Å². The lowest BCUT2D eigenvalue weighted by molar-refractivity contribution is 0.0663. The van der Waals surface area contributed by atoms with Gasteiger partial charge in [0.2, 0.25) is 5.76 Å². The van der Waals surface area contributed by atoms with E-state index in [1.807, 2.05) is 6.07 Å². The first-order valence-corrected chi connectivity index (χ1v) is 8.67. The summed E-state index contributed by atoms with van der Waals surface area (Å²) in [6.07, 6.45) is 0. The average Bonchev–Trinajstić information content (AvgIpc) is 3.28. The number of aryl methyl sites for hydroxylation is 1. The number of carboxylic acid groups (broad SMARTS) is 1. The summed E-state index contributed by atoms with van der Waals surface area (Å²) in [6, 6.07) is 15.0. The number of rotatable bonds is 4. The van der Waals surface area contributed by atoms with E-state index >= 15 is 0 Å². The molecule has 0 saturated heterocycles. The van der Waals surface area contributed by atoms with Gasteiger partial charge in [-0.25, -0.2) is 4.79 Å². The highest BCUT2D eigenvalue weighted by molar-refractivity contribution is 6.30. The Labute approximate surface area is 164 Å². The van der Waals surface area contributed by atoms with Crippen molar-refractivity contribution in [3.05, 3.63) is 70.9 Å². The van der Waals surface area contributed by atoms with Gasteiger partial charge in [-0.05, 0) is 54.6 Å². The molecule has 0 aliphatic carbocycles. The highest BCUT2D eigenvalue weighted by Crippen LogP contribution is 2.30. The first-order valence-electron chi connectivity index (χ1n) is 8.29. The van der Waals surface area contributed by atoms with Crippen LogP contribution in [0.3, 0.4) is 0 Å². The van der Waals surface area contributed by atoms with Crippen molar-refractivity contribution in [3.8, 4) is 11.3 Å². The summed E-state index contributed by atoms with van der Waals surface area (Å²) in [5, 5.41) is 17.5. The van der Waals surface area contributed by atoms with Crippen LogP contribution in [0.4, 0.5) is 5.82 Å². The number of aromatic nitrogens is 2. The number of carbonyl (C=O) groups is 2. The number of fused-ring (bicyclic) bond motifs is 1. The van der Waals surface area contributed by atoms with Crippen molar-refractivity contribution in [2.75, 3.05) is 5.32 Å². The molecule has 2 N–H and O–H groups in total. The predicted molar refractivity (Wildman–Crippen MR) is 105 cm³/mol. The van der Waals surface area contributed by atoms with Gasteiger partial charge in [-0.15, -0.1) is 0 Å². The van der Waals surface area contributed by atoms with Crippen LogP contribution >= 0.6 is 11.6 Å². The van der Waals surface area contributed by atoms with Gasteiger partial charge in [0.1, 0.15) is 5.76 Å². The van der Waals surface area contributed by atoms with E-state index in [2.05, 4.69) is 10.4 Å². The number of hydrogen-bond donors (Lipinski definition) is 2. The third-order valence-electron chi connectivity index (χ3n) is 4.29. The number of amides is 1. The van der Waals surface area contributed by atoms with E-state index in [9.17, 15) is 9.59 Å². The minimum atomic E-state index is -1.13. The average molecular weight is 396 g/mol. The Kier molecular flexibility index (Phi) is 4.37. The van der Waals surface area contributed by atoms with Gasteiger partial charge in [0.15, 0.2) is 5.82 Å². The Morgan fingerprint density at radius 1 is 1.11 bits per heavy atom. The monoisotopic (exact) mass is 395 g/mol. The van der Waals surface area contributed by atoms with E-state index in [-0.39, 0.29) is 11.7 Å². The number of carbonyl (C=O) groups excluding carboxylic acids is 1. The van der Waals surface area contributed by atoms with Crippen LogP contribution in [-0.2, 0) is 7.05 Å². The molecule has 0 radical (unpaired) electrons. The first kappa shape index (κ1) is 17.8. The molecule has 0 atom stereocenters. The second-order valence-electron chi connectivity index (χ2n) is 6.13. The largest absolute Gasteiger partial charge is 0.475 e. The van der Waals surface area contributed by atoms with Crippen LogP contribution in [0.15, 0.2) is 59.0 Å². The maximum absolute atomic E-state index is 12.5. The molecule has 7 nitrogen and oxygen atoms in total. The van der Waals surface area contributed by atoms with Gasteiger partial charge in [0.05, 0.1) is 5.52 Å². The number of nitrogens with one attached hydrogen (secondary N) is 1. The molecule has 2 heterocycles. The van der Waals surface area contributed by atoms with Crippen molar-refractivity contribution in [2.45, 2.75) is 0 Å². The zero-order valence-corrected chi connectivity index (χ0v) is 15.4. The highest BCUT2D eigenvalue weighted by Gasteiger charge is 2.16. The Balaban J connectivity index is 1.71. The number of aromatic carboxylic acids is 1. The first-order chi connectivity index (χ1) is 13.4. The summed E-state index contributed by atoms with van der Waals surface area (Å²) < 4.78 is 7.02. The Bertz CT molecular complexity index is 1210. The zero-order chi connectivity index (χ0) is 19.8. The summed E-state index contributed by atoms with van der Waals surface area (Å²) in [6.45, 7) is 0. The van der Waals surface area contributed by atoms with Gasteiger partial charge in [-0.2, -0.15) is 5.10 Å². The van der Waals surface area contributed by atoms with Crippen LogP contribution in [0, 0.1) is 0 Å². The summed E-state index contributed by atoms with van der Waals surface area (Å²) in [7, 11) is 1.77. The van der Waals surface area contributed by atoms with Gasteiger partial charge in [0.25, 0.3) is 5.91 Å². The van der Waals surface area contributed by atoms with E-state index in [1.54, 1.807) is 54.2 Å². The van der Waals surface area contributed by atoms with E-state index in [0.29, 0.717) is 33.1 Å². The molecule has 0 spiro atoms. The molecule has 4 rings (SSSR count). The maximum atomic E-state index is 12.5. The fourth-order valence-corrected chi connectivity index (χ4v) is 3.03. The van der Waals surface area contributed by atoms with Crippen LogP contribution in [0.1, 0.15) is 20.9 Å². The number of hydrogen-bond acceptors (Lipinski definition) is 4. The van der Waals surface area contributed by atoms with Gasteiger partial charge in [0, 0.05) is 28.6 Å². The Morgan fingerprint density at radius 3 is 2.54 bits per heavy atom. The number of nitrogens with zero attached hydrogens (tertiary/aromatic N) is 2. The molecule has 0 fully saturated rings. The van der Waals surface area contributed by atoms with Crippen molar-refractivity contribution in [3.63, 3.8) is 0 Å². The number of benzene rings is 2. The van der Waals surface area contributed by atoms with Crippen LogP contribution in [0.2, 0.25) is 5.02 Å². The third kappa shape index (κ3) is 3.23. The summed E-state index contributed by atoms with van der Waals surface area (Å²) >= 11 is 5.86. The standard InChI is InChI=1S/C20H14ClN3O4/c1-24-15-7-4-12(16-8-9-17(28-16)20(26)27)10-14(15)18(23-24)22-19(25)11-2-5-13(21)6-3-11/h2-10H,1H3,(H,26,27)(H,22,23,25). The number of furan rings is 1.